The first-order valence-corrected chi connectivity index (χ1v) is 12.7. The summed E-state index contributed by atoms with van der Waals surface area (Å²) in [5.41, 5.74) is -0.895. The fraction of sp³-hybridized carbons (Fsp3) is 0.250. The van der Waals surface area contributed by atoms with E-state index in [9.17, 15) is 30.8 Å². The van der Waals surface area contributed by atoms with Gasteiger partial charge < -0.3 is 10.1 Å². The number of nitrogens with zero attached hydrogens (tertiary/aromatic N) is 1. The number of rotatable bonds is 7. The van der Waals surface area contributed by atoms with Crippen LogP contribution in [0.2, 0.25) is 5.02 Å². The zero-order valence-electron chi connectivity index (χ0n) is 19.4. The van der Waals surface area contributed by atoms with Gasteiger partial charge in [-0.2, -0.15) is 13.2 Å². The summed E-state index contributed by atoms with van der Waals surface area (Å²) in [7, 11) is -2.41. The average Bonchev–Trinajstić information content (AvgIpc) is 3.64. The number of pyridine rings is 1. The summed E-state index contributed by atoms with van der Waals surface area (Å²) in [6.45, 7) is 1.49. The SMILES string of the molecule is CNS(=O)(=O)C1(c2cc(NC(=O)c3cc(Cl)c(C(F)(F)F)cc3Oc3ccc(F)cc3C)ccn2)CC1. The van der Waals surface area contributed by atoms with E-state index in [-0.39, 0.29) is 28.3 Å². The molecule has 0 aliphatic heterocycles. The van der Waals surface area contributed by atoms with Crippen LogP contribution in [0.1, 0.15) is 40.0 Å². The molecule has 0 radical (unpaired) electrons. The number of aromatic nitrogens is 1. The normalized spacial score (nSPS) is 14.8. The van der Waals surface area contributed by atoms with Gasteiger partial charge in [0.25, 0.3) is 5.91 Å². The summed E-state index contributed by atoms with van der Waals surface area (Å²) in [5, 5.41) is 1.80. The Balaban J connectivity index is 1.71. The fourth-order valence-corrected chi connectivity index (χ4v) is 5.49. The summed E-state index contributed by atoms with van der Waals surface area (Å²) in [5.74, 6) is -1.87. The maximum absolute atomic E-state index is 13.5. The zero-order chi connectivity index (χ0) is 27.2. The van der Waals surface area contributed by atoms with Crippen LogP contribution in [0.4, 0.5) is 23.2 Å². The van der Waals surface area contributed by atoms with Gasteiger partial charge in [0.15, 0.2) is 0 Å². The van der Waals surface area contributed by atoms with E-state index in [0.29, 0.717) is 18.9 Å². The van der Waals surface area contributed by atoms with Gasteiger partial charge in [0.1, 0.15) is 22.1 Å². The molecule has 196 valence electrons. The third-order valence-corrected chi connectivity index (χ3v) is 8.44. The van der Waals surface area contributed by atoms with Gasteiger partial charge in [-0.25, -0.2) is 17.5 Å². The summed E-state index contributed by atoms with van der Waals surface area (Å²) in [4.78, 5) is 17.3. The van der Waals surface area contributed by atoms with Crippen LogP contribution in [0, 0.1) is 12.7 Å². The lowest BCUT2D eigenvalue weighted by molar-refractivity contribution is -0.137. The number of carbonyl (C=O) groups is 1. The monoisotopic (exact) mass is 557 g/mol. The molecule has 1 amide bonds. The van der Waals surface area contributed by atoms with E-state index in [1.54, 1.807) is 0 Å². The fourth-order valence-electron chi connectivity index (χ4n) is 3.81. The molecule has 4 rings (SSSR count). The number of hydrogen-bond acceptors (Lipinski definition) is 5. The van der Waals surface area contributed by atoms with Gasteiger partial charge in [-0.1, -0.05) is 11.6 Å². The predicted molar refractivity (Wildman–Crippen MR) is 129 cm³/mol. The number of nitrogens with one attached hydrogen (secondary N) is 2. The van der Waals surface area contributed by atoms with E-state index in [2.05, 4.69) is 15.0 Å². The molecule has 1 aliphatic carbocycles. The van der Waals surface area contributed by atoms with Crippen LogP contribution >= 0.6 is 11.6 Å². The second-order valence-electron chi connectivity index (χ2n) is 8.42. The first-order chi connectivity index (χ1) is 17.3. The van der Waals surface area contributed by atoms with Gasteiger partial charge in [0, 0.05) is 11.9 Å². The quantitative estimate of drug-likeness (QED) is 0.359. The van der Waals surface area contributed by atoms with E-state index >= 15 is 0 Å². The molecule has 37 heavy (non-hydrogen) atoms. The highest BCUT2D eigenvalue weighted by Crippen LogP contribution is 2.51. The van der Waals surface area contributed by atoms with Crippen molar-refractivity contribution in [2.75, 3.05) is 12.4 Å². The van der Waals surface area contributed by atoms with Crippen LogP contribution in [0.15, 0.2) is 48.7 Å². The molecule has 1 aliphatic rings. The van der Waals surface area contributed by atoms with E-state index < -0.39 is 49.0 Å². The highest BCUT2D eigenvalue weighted by Gasteiger charge is 2.56. The highest BCUT2D eigenvalue weighted by molar-refractivity contribution is 7.90. The predicted octanol–water partition coefficient (Wildman–Crippen LogP) is 5.78. The summed E-state index contributed by atoms with van der Waals surface area (Å²) in [6.07, 6.45) is -2.84. The summed E-state index contributed by atoms with van der Waals surface area (Å²) in [6, 6.07) is 7.62. The molecule has 1 aromatic heterocycles. The number of benzene rings is 2. The molecular formula is C24H20ClF4N3O4S. The van der Waals surface area contributed by atoms with Gasteiger partial charge in [0.05, 0.1) is 21.8 Å². The van der Waals surface area contributed by atoms with Crippen molar-refractivity contribution in [3.8, 4) is 11.5 Å². The van der Waals surface area contributed by atoms with Crippen molar-refractivity contribution < 1.29 is 35.5 Å². The number of alkyl halides is 3. The Hall–Kier alpha value is -3.22. The first kappa shape index (κ1) is 26.8. The number of aryl methyl sites for hydroxylation is 1. The van der Waals surface area contributed by atoms with Crippen LogP contribution in [0.25, 0.3) is 0 Å². The number of carbonyl (C=O) groups excluding carboxylic acids is 1. The van der Waals surface area contributed by atoms with Gasteiger partial charge in [-0.15, -0.1) is 0 Å². The lowest BCUT2D eigenvalue weighted by Gasteiger charge is -2.18. The molecule has 0 spiro atoms. The lowest BCUT2D eigenvalue weighted by atomic mass is 10.1. The molecule has 1 heterocycles. The molecule has 0 unspecified atom stereocenters. The van der Waals surface area contributed by atoms with Gasteiger partial charge in [0.2, 0.25) is 10.0 Å². The van der Waals surface area contributed by atoms with Crippen LogP contribution in [0.3, 0.4) is 0 Å². The zero-order valence-corrected chi connectivity index (χ0v) is 21.0. The third kappa shape index (κ3) is 5.27. The molecule has 0 saturated heterocycles. The number of ether oxygens (including phenoxy) is 1. The van der Waals surface area contributed by atoms with Crippen molar-refractivity contribution in [3.63, 3.8) is 0 Å². The smallest absolute Gasteiger partial charge is 0.417 e. The Morgan fingerprint density at radius 1 is 1.11 bits per heavy atom. The van der Waals surface area contributed by atoms with Crippen LogP contribution in [-0.4, -0.2) is 26.4 Å². The number of anilines is 1. The van der Waals surface area contributed by atoms with E-state index in [1.165, 1.54) is 38.4 Å². The largest absolute Gasteiger partial charge is 0.456 e. The minimum atomic E-state index is -4.83. The van der Waals surface area contributed by atoms with Crippen molar-refractivity contribution in [1.82, 2.24) is 9.71 Å². The average molecular weight is 558 g/mol. The van der Waals surface area contributed by atoms with Gasteiger partial charge >= 0.3 is 6.18 Å². The van der Waals surface area contributed by atoms with E-state index in [4.69, 9.17) is 16.3 Å². The van der Waals surface area contributed by atoms with Crippen molar-refractivity contribution in [2.24, 2.45) is 0 Å². The second kappa shape index (κ2) is 9.58. The number of amides is 1. The number of hydrogen-bond donors (Lipinski definition) is 2. The molecule has 0 atom stereocenters. The van der Waals surface area contributed by atoms with Crippen LogP contribution in [0.5, 0.6) is 11.5 Å². The first-order valence-electron chi connectivity index (χ1n) is 10.8. The van der Waals surface area contributed by atoms with E-state index in [1.807, 2.05) is 0 Å². The molecule has 13 heteroatoms. The van der Waals surface area contributed by atoms with Crippen molar-refractivity contribution >= 4 is 33.2 Å². The summed E-state index contributed by atoms with van der Waals surface area (Å²) < 4.78 is 85.7. The van der Waals surface area contributed by atoms with Crippen LogP contribution in [-0.2, 0) is 20.9 Å². The minimum Gasteiger partial charge on any atom is -0.456 e. The topological polar surface area (TPSA) is 97.4 Å². The van der Waals surface area contributed by atoms with Crippen molar-refractivity contribution in [3.05, 3.63) is 81.9 Å². The van der Waals surface area contributed by atoms with Gasteiger partial charge in [-0.3, -0.25) is 9.78 Å². The standard InChI is InChI=1S/C24H20ClF4N3O4S/c1-13-9-14(26)3-4-19(13)36-20-12-17(24(27,28)29)18(25)11-16(20)22(33)32-15-5-8-31-21(10-15)23(6-7-23)37(34,35)30-2/h3-5,8-12,30H,6-7H2,1-2H3,(H,31,32,33). The van der Waals surface area contributed by atoms with Crippen molar-refractivity contribution in [1.29, 1.82) is 0 Å². The molecular weight excluding hydrogens is 538 g/mol. The maximum Gasteiger partial charge on any atom is 0.417 e. The molecule has 2 aromatic carbocycles. The second-order valence-corrected chi connectivity index (χ2v) is 11.0. The molecule has 0 bridgehead atoms. The van der Waals surface area contributed by atoms with Crippen LogP contribution < -0.4 is 14.8 Å². The Labute approximate surface area is 214 Å². The van der Waals surface area contributed by atoms with Crippen molar-refractivity contribution in [2.45, 2.75) is 30.7 Å². The van der Waals surface area contributed by atoms with E-state index in [0.717, 1.165) is 18.2 Å². The molecule has 1 fully saturated rings. The molecule has 3 aromatic rings. The number of sulfonamides is 1. The summed E-state index contributed by atoms with van der Waals surface area (Å²) >= 11 is 5.86. The lowest BCUT2D eigenvalue weighted by Crippen LogP contribution is -2.32. The number of halogens is 5. The van der Waals surface area contributed by atoms with Gasteiger partial charge in [-0.05, 0) is 74.8 Å². The third-order valence-electron chi connectivity index (χ3n) is 5.95. The Morgan fingerprint density at radius 2 is 1.81 bits per heavy atom. The highest BCUT2D eigenvalue weighted by atomic mass is 35.5. The molecule has 1 saturated carbocycles. The molecule has 2 N–H and O–H groups in total. The Morgan fingerprint density at radius 3 is 2.41 bits per heavy atom. The maximum atomic E-state index is 13.5. The Bertz CT molecular complexity index is 1490. The Kier molecular flexibility index (Phi) is 6.95. The molecule has 7 nitrogen and oxygen atoms in total. The minimum absolute atomic E-state index is 0.0324.